The van der Waals surface area contributed by atoms with Gasteiger partial charge in [0, 0.05) is 23.6 Å². The van der Waals surface area contributed by atoms with Gasteiger partial charge in [-0.1, -0.05) is 0 Å². The Balaban J connectivity index is 1.76. The molecule has 1 amide bonds. The summed E-state index contributed by atoms with van der Waals surface area (Å²) >= 11 is 3.27. The second-order valence-electron chi connectivity index (χ2n) is 5.27. The van der Waals surface area contributed by atoms with Crippen molar-refractivity contribution in [3.8, 4) is 0 Å². The van der Waals surface area contributed by atoms with Crippen molar-refractivity contribution in [2.24, 2.45) is 5.92 Å². The fraction of sp³-hybridized carbons (Fsp3) is 0.500. The van der Waals surface area contributed by atoms with Gasteiger partial charge in [0.2, 0.25) is 0 Å². The molecule has 2 fully saturated rings. The van der Waals surface area contributed by atoms with Crippen LogP contribution in [0.3, 0.4) is 0 Å². The molecule has 1 N–H and O–H groups in total. The van der Waals surface area contributed by atoms with Crippen LogP contribution < -0.4 is 5.32 Å². The lowest BCUT2D eigenvalue weighted by Gasteiger charge is -2.35. The van der Waals surface area contributed by atoms with Crippen LogP contribution in [0.1, 0.15) is 23.2 Å². The van der Waals surface area contributed by atoms with Crippen molar-refractivity contribution in [2.75, 3.05) is 19.6 Å². The lowest BCUT2D eigenvalue weighted by atomic mass is 9.93. The number of fused-ring (bicyclic) bond motifs is 1. The molecule has 0 bridgehead atoms. The summed E-state index contributed by atoms with van der Waals surface area (Å²) in [6.45, 7) is 2.63. The van der Waals surface area contributed by atoms with Crippen LogP contribution in [-0.4, -0.2) is 36.5 Å². The van der Waals surface area contributed by atoms with Gasteiger partial charge in [0.15, 0.2) is 0 Å². The molecule has 5 heteroatoms. The van der Waals surface area contributed by atoms with Crippen molar-refractivity contribution >= 4 is 21.8 Å². The summed E-state index contributed by atoms with van der Waals surface area (Å²) in [5, 5.41) is 3.48. The molecule has 2 atom stereocenters. The number of hydrogen-bond donors (Lipinski definition) is 1. The number of hydrogen-bond acceptors (Lipinski definition) is 2. The van der Waals surface area contributed by atoms with E-state index in [1.807, 2.05) is 4.90 Å². The molecule has 2 aliphatic rings. The molecule has 1 aromatic carbocycles. The van der Waals surface area contributed by atoms with Gasteiger partial charge in [0.25, 0.3) is 5.91 Å². The van der Waals surface area contributed by atoms with Gasteiger partial charge in [-0.25, -0.2) is 4.39 Å². The van der Waals surface area contributed by atoms with Crippen molar-refractivity contribution in [3.63, 3.8) is 0 Å². The van der Waals surface area contributed by atoms with E-state index < -0.39 is 0 Å². The number of likely N-dealkylation sites (tertiary alicyclic amines) is 1. The molecule has 2 unspecified atom stereocenters. The molecule has 0 aliphatic carbocycles. The zero-order valence-electron chi connectivity index (χ0n) is 10.5. The van der Waals surface area contributed by atoms with E-state index in [-0.39, 0.29) is 11.7 Å². The van der Waals surface area contributed by atoms with E-state index in [9.17, 15) is 9.18 Å². The second-order valence-corrected chi connectivity index (χ2v) is 6.13. The van der Waals surface area contributed by atoms with Gasteiger partial charge in [0.05, 0.1) is 5.56 Å². The third-order valence-electron chi connectivity index (χ3n) is 4.10. The number of carbonyl (C=O) groups is 1. The molecule has 3 rings (SSSR count). The number of rotatable bonds is 1. The van der Waals surface area contributed by atoms with E-state index in [1.54, 1.807) is 6.07 Å². The summed E-state index contributed by atoms with van der Waals surface area (Å²) in [4.78, 5) is 14.4. The minimum atomic E-state index is -0.331. The topological polar surface area (TPSA) is 32.3 Å². The van der Waals surface area contributed by atoms with Gasteiger partial charge < -0.3 is 10.2 Å². The van der Waals surface area contributed by atoms with E-state index in [1.165, 1.54) is 12.1 Å². The summed E-state index contributed by atoms with van der Waals surface area (Å²) in [7, 11) is 0. The number of nitrogens with one attached hydrogen (secondary N) is 1. The first-order valence-electron chi connectivity index (χ1n) is 6.63. The van der Waals surface area contributed by atoms with Gasteiger partial charge in [-0.15, -0.1) is 0 Å². The highest BCUT2D eigenvalue weighted by Gasteiger charge is 2.34. The molecule has 102 valence electrons. The van der Waals surface area contributed by atoms with Gasteiger partial charge in [-0.2, -0.15) is 0 Å². The maximum atomic E-state index is 13.1. The molecule has 0 aromatic heterocycles. The Morgan fingerprint density at radius 3 is 3.05 bits per heavy atom. The zero-order valence-corrected chi connectivity index (χ0v) is 12.1. The summed E-state index contributed by atoms with van der Waals surface area (Å²) in [6.07, 6.45) is 2.15. The van der Waals surface area contributed by atoms with E-state index in [2.05, 4.69) is 21.2 Å². The summed E-state index contributed by atoms with van der Waals surface area (Å²) in [5.41, 5.74) is 0.547. The third kappa shape index (κ3) is 2.54. The monoisotopic (exact) mass is 326 g/mol. The SMILES string of the molecule is O=C(c1ccc(F)cc1Br)N1CCC2NCCC2C1. The highest BCUT2D eigenvalue weighted by molar-refractivity contribution is 9.10. The normalized spacial score (nSPS) is 26.3. The summed E-state index contributed by atoms with van der Waals surface area (Å²) in [6, 6.07) is 4.81. The molecule has 1 aromatic rings. The van der Waals surface area contributed by atoms with Crippen molar-refractivity contribution < 1.29 is 9.18 Å². The highest BCUT2D eigenvalue weighted by atomic mass is 79.9. The second kappa shape index (κ2) is 5.21. The molecule has 0 spiro atoms. The number of amides is 1. The van der Waals surface area contributed by atoms with Crippen molar-refractivity contribution in [3.05, 3.63) is 34.1 Å². The summed E-state index contributed by atoms with van der Waals surface area (Å²) < 4.78 is 13.6. The first-order chi connectivity index (χ1) is 9.15. The number of carbonyl (C=O) groups excluding carboxylic acids is 1. The Labute approximate surface area is 120 Å². The average Bonchev–Trinajstić information content (AvgIpc) is 2.85. The number of piperidine rings is 1. The van der Waals surface area contributed by atoms with Gasteiger partial charge >= 0.3 is 0 Å². The number of nitrogens with zero attached hydrogens (tertiary/aromatic N) is 1. The maximum Gasteiger partial charge on any atom is 0.255 e. The van der Waals surface area contributed by atoms with Gasteiger partial charge in [-0.05, 0) is 59.4 Å². The first kappa shape index (κ1) is 13.1. The van der Waals surface area contributed by atoms with Crippen LogP contribution in [0.4, 0.5) is 4.39 Å². The molecule has 2 aliphatic heterocycles. The van der Waals surface area contributed by atoms with Crippen LogP contribution in [0, 0.1) is 11.7 Å². The first-order valence-corrected chi connectivity index (χ1v) is 7.42. The van der Waals surface area contributed by atoms with Gasteiger partial charge in [0.1, 0.15) is 5.82 Å². The van der Waals surface area contributed by atoms with Crippen LogP contribution in [0.2, 0.25) is 0 Å². The third-order valence-corrected chi connectivity index (χ3v) is 4.76. The highest BCUT2D eigenvalue weighted by Crippen LogP contribution is 2.27. The molecule has 0 radical (unpaired) electrons. The van der Waals surface area contributed by atoms with Crippen molar-refractivity contribution in [2.45, 2.75) is 18.9 Å². The fourth-order valence-electron chi connectivity index (χ4n) is 3.07. The minimum absolute atomic E-state index is 0.00257. The van der Waals surface area contributed by atoms with E-state index in [4.69, 9.17) is 0 Å². The summed E-state index contributed by atoms with van der Waals surface area (Å²) in [5.74, 6) is 0.233. The number of halogens is 2. The Hall–Kier alpha value is -0.940. The standard InChI is InChI=1S/C14H16BrFN2O/c15-12-7-10(16)1-2-11(12)14(19)18-6-4-13-9(8-18)3-5-17-13/h1-2,7,9,13,17H,3-6,8H2. The van der Waals surface area contributed by atoms with Crippen LogP contribution in [0.5, 0.6) is 0 Å². The van der Waals surface area contributed by atoms with Crippen molar-refractivity contribution in [1.29, 1.82) is 0 Å². The molecular weight excluding hydrogens is 311 g/mol. The molecular formula is C14H16BrFN2O. The molecule has 3 nitrogen and oxygen atoms in total. The molecule has 0 saturated carbocycles. The van der Waals surface area contributed by atoms with E-state index >= 15 is 0 Å². The lowest BCUT2D eigenvalue weighted by Crippen LogP contribution is -2.46. The fourth-order valence-corrected chi connectivity index (χ4v) is 3.59. The van der Waals surface area contributed by atoms with E-state index in [0.717, 1.165) is 32.5 Å². The Morgan fingerprint density at radius 1 is 1.42 bits per heavy atom. The molecule has 2 heterocycles. The Bertz CT molecular complexity index is 508. The van der Waals surface area contributed by atoms with Crippen molar-refractivity contribution in [1.82, 2.24) is 10.2 Å². The lowest BCUT2D eigenvalue weighted by molar-refractivity contribution is 0.0661. The Kier molecular flexibility index (Phi) is 3.58. The van der Waals surface area contributed by atoms with Crippen LogP contribution >= 0.6 is 15.9 Å². The number of benzene rings is 1. The van der Waals surface area contributed by atoms with Crippen LogP contribution in [0.15, 0.2) is 22.7 Å². The van der Waals surface area contributed by atoms with Crippen LogP contribution in [-0.2, 0) is 0 Å². The predicted octanol–water partition coefficient (Wildman–Crippen LogP) is 2.41. The average molecular weight is 327 g/mol. The minimum Gasteiger partial charge on any atom is -0.338 e. The largest absolute Gasteiger partial charge is 0.338 e. The molecule has 2 saturated heterocycles. The smallest absolute Gasteiger partial charge is 0.255 e. The van der Waals surface area contributed by atoms with Gasteiger partial charge in [-0.3, -0.25) is 4.79 Å². The Morgan fingerprint density at radius 2 is 2.26 bits per heavy atom. The van der Waals surface area contributed by atoms with E-state index in [0.29, 0.717) is 22.0 Å². The molecule has 19 heavy (non-hydrogen) atoms. The van der Waals surface area contributed by atoms with Crippen LogP contribution in [0.25, 0.3) is 0 Å². The maximum absolute atomic E-state index is 13.1. The quantitative estimate of drug-likeness (QED) is 0.859. The predicted molar refractivity (Wildman–Crippen MR) is 74.5 cm³/mol. The zero-order chi connectivity index (χ0) is 13.4.